The molecule has 0 amide bonds. The second kappa shape index (κ2) is 10.5. The summed E-state index contributed by atoms with van der Waals surface area (Å²) >= 11 is 0. The third-order valence-corrected chi connectivity index (χ3v) is 4.07. The SMILES string of the molecule is COC(=O)C(=CC(F)(F)F)c1ccccc1COC(C)=NOC(C)c1ccccc1. The summed E-state index contributed by atoms with van der Waals surface area (Å²) < 4.78 is 48.7. The average Bonchev–Trinajstić information content (AvgIpc) is 2.74. The molecule has 0 saturated carbocycles. The van der Waals surface area contributed by atoms with Crippen molar-refractivity contribution < 1.29 is 32.3 Å². The first-order chi connectivity index (χ1) is 14.2. The number of halogens is 3. The number of ether oxygens (including phenoxy) is 2. The molecule has 0 aromatic heterocycles. The molecule has 160 valence electrons. The number of methoxy groups -OCH3 is 1. The van der Waals surface area contributed by atoms with Gasteiger partial charge in [0.05, 0.1) is 12.7 Å². The molecule has 0 aliphatic carbocycles. The molecule has 0 N–H and O–H groups in total. The van der Waals surface area contributed by atoms with E-state index in [0.29, 0.717) is 5.56 Å². The van der Waals surface area contributed by atoms with E-state index >= 15 is 0 Å². The highest BCUT2D eigenvalue weighted by Crippen LogP contribution is 2.27. The van der Waals surface area contributed by atoms with E-state index in [1.807, 2.05) is 37.3 Å². The molecule has 0 saturated heterocycles. The molecule has 2 rings (SSSR count). The van der Waals surface area contributed by atoms with Gasteiger partial charge in [-0.1, -0.05) is 59.8 Å². The summed E-state index contributed by atoms with van der Waals surface area (Å²) in [5.41, 5.74) is 0.754. The molecule has 30 heavy (non-hydrogen) atoms. The maximum atomic E-state index is 12.9. The number of esters is 1. The van der Waals surface area contributed by atoms with Crippen LogP contribution in [0.4, 0.5) is 13.2 Å². The van der Waals surface area contributed by atoms with Crippen molar-refractivity contribution in [1.29, 1.82) is 0 Å². The zero-order valence-electron chi connectivity index (χ0n) is 16.8. The Morgan fingerprint density at radius 2 is 1.73 bits per heavy atom. The number of allylic oxidation sites excluding steroid dienone is 1. The molecular weight excluding hydrogens is 399 g/mol. The fourth-order valence-electron chi connectivity index (χ4n) is 2.58. The molecule has 1 atom stereocenters. The van der Waals surface area contributed by atoms with Crippen LogP contribution in [0.5, 0.6) is 0 Å². The van der Waals surface area contributed by atoms with E-state index in [-0.39, 0.29) is 30.2 Å². The fourth-order valence-corrected chi connectivity index (χ4v) is 2.58. The molecule has 1 unspecified atom stereocenters. The van der Waals surface area contributed by atoms with Crippen LogP contribution in [0.25, 0.3) is 5.57 Å². The Hall–Kier alpha value is -3.29. The first-order valence-corrected chi connectivity index (χ1v) is 9.05. The Balaban J connectivity index is 2.14. The van der Waals surface area contributed by atoms with Crippen molar-refractivity contribution in [1.82, 2.24) is 0 Å². The van der Waals surface area contributed by atoms with Gasteiger partial charge in [-0.3, -0.25) is 0 Å². The van der Waals surface area contributed by atoms with Gasteiger partial charge < -0.3 is 14.3 Å². The molecule has 0 heterocycles. The molecule has 8 heteroatoms. The van der Waals surface area contributed by atoms with Crippen LogP contribution in [0.15, 0.2) is 65.8 Å². The minimum absolute atomic E-state index is 0.0630. The van der Waals surface area contributed by atoms with Crippen molar-refractivity contribution in [3.63, 3.8) is 0 Å². The maximum Gasteiger partial charge on any atom is 0.410 e. The number of carbonyl (C=O) groups is 1. The number of nitrogens with zero attached hydrogens (tertiary/aromatic N) is 1. The lowest BCUT2D eigenvalue weighted by Crippen LogP contribution is -2.12. The van der Waals surface area contributed by atoms with E-state index in [1.165, 1.54) is 12.1 Å². The van der Waals surface area contributed by atoms with E-state index in [9.17, 15) is 18.0 Å². The highest BCUT2D eigenvalue weighted by Gasteiger charge is 2.29. The predicted molar refractivity (Wildman–Crippen MR) is 106 cm³/mol. The van der Waals surface area contributed by atoms with Gasteiger partial charge in [-0.05, 0) is 23.6 Å². The second-order valence-corrected chi connectivity index (χ2v) is 6.31. The van der Waals surface area contributed by atoms with Gasteiger partial charge in [-0.2, -0.15) is 13.2 Å². The van der Waals surface area contributed by atoms with Crippen LogP contribution in [-0.2, 0) is 25.7 Å². The van der Waals surface area contributed by atoms with Gasteiger partial charge in [0, 0.05) is 13.0 Å². The van der Waals surface area contributed by atoms with E-state index in [1.54, 1.807) is 19.1 Å². The van der Waals surface area contributed by atoms with Crippen LogP contribution in [0.1, 0.15) is 36.6 Å². The van der Waals surface area contributed by atoms with Crippen molar-refractivity contribution in [2.45, 2.75) is 32.7 Å². The Bertz CT molecular complexity index is 908. The molecule has 0 aliphatic rings. The lowest BCUT2D eigenvalue weighted by Gasteiger charge is -2.14. The number of hydrogen-bond acceptors (Lipinski definition) is 5. The molecule has 2 aromatic rings. The number of alkyl halides is 3. The normalized spacial score (nSPS) is 13.5. The van der Waals surface area contributed by atoms with Crippen molar-refractivity contribution in [3.05, 3.63) is 77.4 Å². The first kappa shape index (κ1) is 23.0. The highest BCUT2D eigenvalue weighted by atomic mass is 19.4. The van der Waals surface area contributed by atoms with Gasteiger partial charge >= 0.3 is 12.1 Å². The van der Waals surface area contributed by atoms with Crippen LogP contribution in [0, 0.1) is 0 Å². The minimum Gasteiger partial charge on any atom is -0.474 e. The van der Waals surface area contributed by atoms with Crippen molar-refractivity contribution in [2.24, 2.45) is 5.16 Å². The van der Waals surface area contributed by atoms with Crippen molar-refractivity contribution >= 4 is 17.4 Å². The lowest BCUT2D eigenvalue weighted by atomic mass is 9.99. The van der Waals surface area contributed by atoms with Crippen molar-refractivity contribution in [3.8, 4) is 0 Å². The van der Waals surface area contributed by atoms with Crippen LogP contribution >= 0.6 is 0 Å². The van der Waals surface area contributed by atoms with E-state index in [0.717, 1.165) is 12.7 Å². The molecule has 5 nitrogen and oxygen atoms in total. The van der Waals surface area contributed by atoms with Crippen LogP contribution in [0.3, 0.4) is 0 Å². The van der Waals surface area contributed by atoms with E-state index < -0.39 is 17.7 Å². The summed E-state index contributed by atoms with van der Waals surface area (Å²) in [6.45, 7) is 3.28. The fraction of sp³-hybridized carbons (Fsp3) is 0.273. The molecule has 2 aromatic carbocycles. The Labute approximate surface area is 172 Å². The summed E-state index contributed by atoms with van der Waals surface area (Å²) in [6, 6.07) is 15.6. The number of rotatable bonds is 7. The molecular formula is C22H22F3NO4. The molecule has 0 bridgehead atoms. The van der Waals surface area contributed by atoms with E-state index in [4.69, 9.17) is 9.57 Å². The zero-order valence-corrected chi connectivity index (χ0v) is 16.8. The Kier molecular flexibility index (Phi) is 8.03. The van der Waals surface area contributed by atoms with Crippen LogP contribution < -0.4 is 0 Å². The topological polar surface area (TPSA) is 57.1 Å². The molecule has 0 spiro atoms. The summed E-state index contributed by atoms with van der Waals surface area (Å²) in [5, 5.41) is 3.91. The number of benzene rings is 2. The summed E-state index contributed by atoms with van der Waals surface area (Å²) in [5.74, 6) is -0.905. The molecule has 0 aliphatic heterocycles. The van der Waals surface area contributed by atoms with Gasteiger partial charge in [0.2, 0.25) is 5.90 Å². The van der Waals surface area contributed by atoms with Gasteiger partial charge in [0.25, 0.3) is 0 Å². The Morgan fingerprint density at radius 1 is 1.10 bits per heavy atom. The predicted octanol–water partition coefficient (Wildman–Crippen LogP) is 5.43. The van der Waals surface area contributed by atoms with E-state index in [2.05, 4.69) is 9.89 Å². The smallest absolute Gasteiger partial charge is 0.410 e. The van der Waals surface area contributed by atoms with Crippen molar-refractivity contribution in [2.75, 3.05) is 7.11 Å². The van der Waals surface area contributed by atoms with Gasteiger partial charge in [-0.15, -0.1) is 0 Å². The monoisotopic (exact) mass is 421 g/mol. The zero-order chi connectivity index (χ0) is 22.1. The molecule has 0 fully saturated rings. The largest absolute Gasteiger partial charge is 0.474 e. The second-order valence-electron chi connectivity index (χ2n) is 6.31. The maximum absolute atomic E-state index is 12.9. The minimum atomic E-state index is -4.68. The van der Waals surface area contributed by atoms with Gasteiger partial charge in [0.1, 0.15) is 12.7 Å². The van der Waals surface area contributed by atoms with Crippen LogP contribution in [0.2, 0.25) is 0 Å². The first-order valence-electron chi connectivity index (χ1n) is 9.05. The summed E-state index contributed by atoms with van der Waals surface area (Å²) in [4.78, 5) is 17.3. The summed E-state index contributed by atoms with van der Waals surface area (Å²) in [6.07, 6.45) is -5.07. The lowest BCUT2D eigenvalue weighted by molar-refractivity contribution is -0.134. The third-order valence-electron chi connectivity index (χ3n) is 4.07. The Morgan fingerprint density at radius 3 is 2.37 bits per heavy atom. The number of hydrogen-bond donors (Lipinski definition) is 0. The van der Waals surface area contributed by atoms with Crippen LogP contribution in [-0.4, -0.2) is 25.2 Å². The summed E-state index contributed by atoms with van der Waals surface area (Å²) in [7, 11) is 1.02. The third kappa shape index (κ3) is 6.95. The number of oxime groups is 1. The average molecular weight is 421 g/mol. The highest BCUT2D eigenvalue weighted by molar-refractivity contribution is 6.17. The van der Waals surface area contributed by atoms with Gasteiger partial charge in [0.15, 0.2) is 0 Å². The standard InChI is InChI=1S/C22H22F3NO4/c1-15(17-9-5-4-6-10-17)30-26-16(2)29-14-18-11-7-8-12-19(18)20(21(27)28-3)13-22(23,24)25/h4-13,15H,14H2,1-3H3. The van der Waals surface area contributed by atoms with Gasteiger partial charge in [-0.25, -0.2) is 4.79 Å². The molecule has 0 radical (unpaired) electrons. The quantitative estimate of drug-likeness (QED) is 0.197. The number of carbonyl (C=O) groups excluding carboxylic acids is 1.